The zero-order chi connectivity index (χ0) is 20.4. The van der Waals surface area contributed by atoms with E-state index in [2.05, 4.69) is 11.1 Å². The second-order valence-corrected chi connectivity index (χ2v) is 7.95. The lowest BCUT2D eigenvalue weighted by Crippen LogP contribution is -2.62. The monoisotopic (exact) mass is 403 g/mol. The van der Waals surface area contributed by atoms with Gasteiger partial charge in [0.1, 0.15) is 6.04 Å². The van der Waals surface area contributed by atoms with Crippen LogP contribution in [0.4, 0.5) is 0 Å². The number of hydrogen-bond acceptors (Lipinski definition) is 4. The van der Waals surface area contributed by atoms with Crippen molar-refractivity contribution >= 4 is 22.7 Å². The van der Waals surface area contributed by atoms with E-state index in [1.54, 1.807) is 9.80 Å². The van der Waals surface area contributed by atoms with Crippen LogP contribution in [0.15, 0.2) is 42.5 Å². The predicted molar refractivity (Wildman–Crippen MR) is 109 cm³/mol. The fourth-order valence-electron chi connectivity index (χ4n) is 5.02. The van der Waals surface area contributed by atoms with E-state index >= 15 is 0 Å². The molecular weight excluding hydrogens is 382 g/mol. The molecule has 0 radical (unpaired) electrons. The highest BCUT2D eigenvalue weighted by molar-refractivity contribution is 5.97. The number of benzene rings is 2. The number of fused-ring (bicyclic) bond motifs is 5. The van der Waals surface area contributed by atoms with Crippen LogP contribution in [0.3, 0.4) is 0 Å². The quantitative estimate of drug-likeness (QED) is 0.714. The van der Waals surface area contributed by atoms with Crippen LogP contribution in [0.5, 0.6) is 11.5 Å². The van der Waals surface area contributed by atoms with Crippen LogP contribution < -0.4 is 9.47 Å². The highest BCUT2D eigenvalue weighted by atomic mass is 16.7. The lowest BCUT2D eigenvalue weighted by atomic mass is 9.86. The molecule has 7 nitrogen and oxygen atoms in total. The summed E-state index contributed by atoms with van der Waals surface area (Å²) in [5.41, 5.74) is 3.99. The zero-order valence-electron chi connectivity index (χ0n) is 16.6. The molecule has 152 valence electrons. The summed E-state index contributed by atoms with van der Waals surface area (Å²) in [5.74, 6) is 1.34. The van der Waals surface area contributed by atoms with Crippen molar-refractivity contribution in [3.63, 3.8) is 0 Å². The molecule has 0 saturated carbocycles. The Balaban J connectivity index is 1.57. The number of aromatic amines is 1. The number of ether oxygens (including phenoxy) is 2. The van der Waals surface area contributed by atoms with Crippen LogP contribution in [-0.4, -0.2) is 52.5 Å². The zero-order valence-corrected chi connectivity index (χ0v) is 16.6. The molecule has 1 aromatic heterocycles. The summed E-state index contributed by atoms with van der Waals surface area (Å²) in [6, 6.07) is 13.0. The maximum atomic E-state index is 13.2. The third-order valence-corrected chi connectivity index (χ3v) is 6.44. The fourth-order valence-corrected chi connectivity index (χ4v) is 5.02. The third kappa shape index (κ3) is 2.32. The van der Waals surface area contributed by atoms with Crippen molar-refractivity contribution in [1.29, 1.82) is 0 Å². The second kappa shape index (κ2) is 6.26. The first kappa shape index (κ1) is 17.4. The SMILES string of the molecule is CCN1CC(=O)N2[C@@H](c3ccc4c(c3)OCO4)c3[nH]c4ccccc4c3C[C@@H]2C1=O. The standard InChI is InChI=1S/C23H21N3O4/c1-2-25-11-20(27)26-17(23(25)28)10-15-14-5-3-4-6-16(14)24-21(15)22(26)13-7-8-18-19(9-13)30-12-29-18/h3-9,17,22,24H,2,10-12H2,1H3/t17-,22+/m1/s1. The molecule has 2 atom stereocenters. The number of carbonyl (C=O) groups is 2. The molecule has 1 N–H and O–H groups in total. The molecule has 0 unspecified atom stereocenters. The molecule has 0 aliphatic carbocycles. The molecule has 0 bridgehead atoms. The summed E-state index contributed by atoms with van der Waals surface area (Å²) < 4.78 is 11.0. The number of para-hydroxylation sites is 1. The van der Waals surface area contributed by atoms with Crippen molar-refractivity contribution in [2.24, 2.45) is 0 Å². The van der Waals surface area contributed by atoms with Crippen molar-refractivity contribution in [1.82, 2.24) is 14.8 Å². The number of rotatable bonds is 2. The molecule has 1 saturated heterocycles. The number of carbonyl (C=O) groups excluding carboxylic acids is 2. The van der Waals surface area contributed by atoms with Crippen LogP contribution in [0.1, 0.15) is 29.8 Å². The second-order valence-electron chi connectivity index (χ2n) is 7.95. The molecule has 4 heterocycles. The summed E-state index contributed by atoms with van der Waals surface area (Å²) in [7, 11) is 0. The first-order chi connectivity index (χ1) is 14.7. The highest BCUT2D eigenvalue weighted by Gasteiger charge is 2.48. The Morgan fingerprint density at radius 1 is 1.10 bits per heavy atom. The van der Waals surface area contributed by atoms with E-state index in [1.165, 1.54) is 0 Å². The van der Waals surface area contributed by atoms with E-state index in [-0.39, 0.29) is 31.2 Å². The summed E-state index contributed by atoms with van der Waals surface area (Å²) in [6.45, 7) is 2.75. The normalized spacial score (nSPS) is 22.4. The van der Waals surface area contributed by atoms with Crippen molar-refractivity contribution in [2.45, 2.75) is 25.4 Å². The lowest BCUT2D eigenvalue weighted by molar-refractivity contribution is -0.158. The van der Waals surface area contributed by atoms with E-state index in [0.717, 1.165) is 27.7 Å². The van der Waals surface area contributed by atoms with Gasteiger partial charge in [0.25, 0.3) is 0 Å². The number of hydrogen-bond donors (Lipinski definition) is 1. The number of H-pyrrole nitrogens is 1. The smallest absolute Gasteiger partial charge is 0.246 e. The van der Waals surface area contributed by atoms with Gasteiger partial charge in [0, 0.05) is 29.6 Å². The van der Waals surface area contributed by atoms with Crippen molar-refractivity contribution in [3.05, 3.63) is 59.3 Å². The van der Waals surface area contributed by atoms with Gasteiger partial charge in [-0.05, 0) is 36.2 Å². The number of aromatic nitrogens is 1. The molecule has 0 spiro atoms. The predicted octanol–water partition coefficient (Wildman–Crippen LogP) is 2.60. The highest BCUT2D eigenvalue weighted by Crippen LogP contribution is 2.44. The van der Waals surface area contributed by atoms with Gasteiger partial charge in [-0.2, -0.15) is 0 Å². The van der Waals surface area contributed by atoms with E-state index in [9.17, 15) is 9.59 Å². The van der Waals surface area contributed by atoms with Gasteiger partial charge in [0.2, 0.25) is 18.6 Å². The minimum atomic E-state index is -0.506. The van der Waals surface area contributed by atoms with Gasteiger partial charge in [-0.3, -0.25) is 9.59 Å². The number of amides is 2. The topological polar surface area (TPSA) is 74.9 Å². The Labute approximate surface area is 173 Å². The number of nitrogens with one attached hydrogen (secondary N) is 1. The number of nitrogens with zero attached hydrogens (tertiary/aromatic N) is 2. The van der Waals surface area contributed by atoms with Crippen molar-refractivity contribution in [3.8, 4) is 11.5 Å². The third-order valence-electron chi connectivity index (χ3n) is 6.44. The van der Waals surface area contributed by atoms with E-state index < -0.39 is 6.04 Å². The van der Waals surface area contributed by atoms with Crippen LogP contribution in [0.2, 0.25) is 0 Å². The maximum absolute atomic E-state index is 13.2. The molecular formula is C23H21N3O4. The molecule has 2 aromatic carbocycles. The van der Waals surface area contributed by atoms with Gasteiger partial charge in [0.05, 0.1) is 12.6 Å². The van der Waals surface area contributed by atoms with Gasteiger partial charge in [-0.15, -0.1) is 0 Å². The lowest BCUT2D eigenvalue weighted by Gasteiger charge is -2.46. The first-order valence-electron chi connectivity index (χ1n) is 10.2. The largest absolute Gasteiger partial charge is 0.454 e. The molecule has 2 amide bonds. The molecule has 3 aromatic rings. The van der Waals surface area contributed by atoms with Gasteiger partial charge < -0.3 is 24.3 Å². The number of piperazine rings is 1. The van der Waals surface area contributed by atoms with E-state index in [4.69, 9.17) is 9.47 Å². The average molecular weight is 403 g/mol. The van der Waals surface area contributed by atoms with E-state index in [1.807, 2.05) is 43.3 Å². The summed E-state index contributed by atoms with van der Waals surface area (Å²) in [5, 5.41) is 1.10. The fraction of sp³-hybridized carbons (Fsp3) is 0.304. The van der Waals surface area contributed by atoms with Crippen LogP contribution in [0.25, 0.3) is 10.9 Å². The van der Waals surface area contributed by atoms with Gasteiger partial charge in [0.15, 0.2) is 11.5 Å². The van der Waals surface area contributed by atoms with Crippen LogP contribution in [-0.2, 0) is 16.0 Å². The van der Waals surface area contributed by atoms with Crippen LogP contribution in [0, 0.1) is 0 Å². The minimum Gasteiger partial charge on any atom is -0.454 e. The van der Waals surface area contributed by atoms with Crippen LogP contribution >= 0.6 is 0 Å². The summed E-state index contributed by atoms with van der Waals surface area (Å²) in [6.07, 6.45) is 0.515. The maximum Gasteiger partial charge on any atom is 0.246 e. The average Bonchev–Trinajstić information content (AvgIpc) is 3.38. The Morgan fingerprint density at radius 2 is 1.93 bits per heavy atom. The Bertz CT molecular complexity index is 1200. The Kier molecular flexibility index (Phi) is 3.63. The van der Waals surface area contributed by atoms with Gasteiger partial charge in [-0.1, -0.05) is 24.3 Å². The van der Waals surface area contributed by atoms with Crippen molar-refractivity contribution < 1.29 is 19.1 Å². The molecule has 3 aliphatic heterocycles. The minimum absolute atomic E-state index is 0.0128. The van der Waals surface area contributed by atoms with Gasteiger partial charge in [-0.25, -0.2) is 0 Å². The first-order valence-corrected chi connectivity index (χ1v) is 10.2. The van der Waals surface area contributed by atoms with Gasteiger partial charge >= 0.3 is 0 Å². The van der Waals surface area contributed by atoms with E-state index in [0.29, 0.717) is 24.5 Å². The molecule has 1 fully saturated rings. The van der Waals surface area contributed by atoms with Crippen molar-refractivity contribution in [2.75, 3.05) is 19.9 Å². The Morgan fingerprint density at radius 3 is 2.80 bits per heavy atom. The Hall–Kier alpha value is -3.48. The molecule has 7 heteroatoms. The molecule has 6 rings (SSSR count). The molecule has 3 aliphatic rings. The summed E-state index contributed by atoms with van der Waals surface area (Å²) in [4.78, 5) is 33.4. The number of likely N-dealkylation sites (N-methyl/N-ethyl adjacent to an activating group) is 1. The summed E-state index contributed by atoms with van der Waals surface area (Å²) >= 11 is 0. The molecule has 30 heavy (non-hydrogen) atoms.